The highest BCUT2D eigenvalue weighted by Crippen LogP contribution is 2.45. The number of aryl methyl sites for hydroxylation is 1. The lowest BCUT2D eigenvalue weighted by atomic mass is 9.95. The molecule has 0 saturated heterocycles. The number of fused-ring (bicyclic) bond motifs is 1. The maximum absolute atomic E-state index is 13.4. The van der Waals surface area contributed by atoms with Crippen molar-refractivity contribution in [3.63, 3.8) is 0 Å². The van der Waals surface area contributed by atoms with E-state index in [9.17, 15) is 14.7 Å². The molecule has 3 heterocycles. The second-order valence-corrected chi connectivity index (χ2v) is 9.35. The van der Waals surface area contributed by atoms with Gasteiger partial charge in [0.05, 0.1) is 33.8 Å². The van der Waals surface area contributed by atoms with E-state index >= 15 is 0 Å². The number of benzene rings is 2. The Hall–Kier alpha value is -3.49. The summed E-state index contributed by atoms with van der Waals surface area (Å²) in [4.78, 5) is 33.1. The van der Waals surface area contributed by atoms with E-state index in [1.165, 1.54) is 27.6 Å². The van der Waals surface area contributed by atoms with Crippen LogP contribution in [0.1, 0.15) is 26.8 Å². The molecule has 1 aliphatic rings. The van der Waals surface area contributed by atoms with Crippen molar-refractivity contribution in [3.8, 4) is 5.75 Å². The highest BCUT2D eigenvalue weighted by atomic mass is 32.1. The molecule has 0 unspecified atom stereocenters. The van der Waals surface area contributed by atoms with E-state index in [0.717, 1.165) is 15.8 Å². The molecule has 0 spiro atoms. The fourth-order valence-electron chi connectivity index (χ4n) is 3.82. The summed E-state index contributed by atoms with van der Waals surface area (Å²) in [5.41, 5.74) is 2.53. The zero-order valence-corrected chi connectivity index (χ0v) is 18.9. The number of amides is 1. The number of thiophene rings is 1. The van der Waals surface area contributed by atoms with Gasteiger partial charge in [0.15, 0.2) is 10.9 Å². The Morgan fingerprint density at radius 3 is 2.75 bits per heavy atom. The van der Waals surface area contributed by atoms with Crippen LogP contribution in [-0.4, -0.2) is 28.9 Å². The zero-order valence-electron chi connectivity index (χ0n) is 17.2. The topological polar surface area (TPSA) is 79.7 Å². The molecule has 4 aromatic rings. The Morgan fingerprint density at radius 1 is 1.16 bits per heavy atom. The fraction of sp³-hybridized carbons (Fsp3) is 0.125. The molecular formula is C24H18N2O4S2. The molecule has 0 fully saturated rings. The van der Waals surface area contributed by atoms with E-state index in [0.29, 0.717) is 21.3 Å². The van der Waals surface area contributed by atoms with Crippen LogP contribution < -0.4 is 9.64 Å². The lowest BCUT2D eigenvalue weighted by Crippen LogP contribution is -2.30. The Bertz CT molecular complexity index is 1390. The molecule has 6 nitrogen and oxygen atoms in total. The van der Waals surface area contributed by atoms with E-state index in [1.807, 2.05) is 31.2 Å². The Labute approximate surface area is 192 Å². The number of carbonyl (C=O) groups is 2. The number of rotatable bonds is 5. The number of anilines is 1. The Morgan fingerprint density at radius 2 is 2.00 bits per heavy atom. The van der Waals surface area contributed by atoms with Crippen molar-refractivity contribution in [1.29, 1.82) is 0 Å². The number of hydrogen-bond acceptors (Lipinski definition) is 7. The summed E-state index contributed by atoms with van der Waals surface area (Å²) in [5, 5.41) is 13.1. The number of aliphatic hydroxyl groups is 1. The normalized spacial score (nSPS) is 16.2. The van der Waals surface area contributed by atoms with E-state index in [-0.39, 0.29) is 11.4 Å². The average molecular weight is 463 g/mol. The molecule has 2 aromatic heterocycles. The third kappa shape index (κ3) is 3.28. The summed E-state index contributed by atoms with van der Waals surface area (Å²) < 4.78 is 6.29. The SMILES string of the molecule is COc1cccc([C@H]2C(C(=O)c3cccs3)=C(O)C(=O)N2c2nc3ccc(C)cc3s2)c1. The van der Waals surface area contributed by atoms with E-state index in [1.54, 1.807) is 42.8 Å². The molecule has 8 heteroatoms. The van der Waals surface area contributed by atoms with Gasteiger partial charge in [-0.1, -0.05) is 35.6 Å². The molecule has 2 aromatic carbocycles. The first-order valence-electron chi connectivity index (χ1n) is 9.84. The van der Waals surface area contributed by atoms with Gasteiger partial charge in [0.1, 0.15) is 5.75 Å². The summed E-state index contributed by atoms with van der Waals surface area (Å²) in [5.74, 6) is -0.984. The highest BCUT2D eigenvalue weighted by Gasteiger charge is 2.46. The van der Waals surface area contributed by atoms with Crippen LogP contribution in [0, 0.1) is 6.92 Å². The first kappa shape index (κ1) is 20.4. The van der Waals surface area contributed by atoms with Crippen molar-refractivity contribution in [3.05, 3.63) is 87.3 Å². The van der Waals surface area contributed by atoms with Crippen LogP contribution in [0.2, 0.25) is 0 Å². The third-order valence-electron chi connectivity index (χ3n) is 5.35. The number of nitrogens with zero attached hydrogens (tertiary/aromatic N) is 2. The van der Waals surface area contributed by atoms with Crippen molar-refractivity contribution < 1.29 is 19.4 Å². The Kier molecular flexibility index (Phi) is 5.03. The monoisotopic (exact) mass is 462 g/mol. The Balaban J connectivity index is 1.69. The van der Waals surface area contributed by atoms with Gasteiger partial charge in [-0.05, 0) is 53.8 Å². The molecule has 0 radical (unpaired) electrons. The second-order valence-electron chi connectivity index (χ2n) is 7.39. The first-order chi connectivity index (χ1) is 15.5. The summed E-state index contributed by atoms with van der Waals surface area (Å²) in [6, 6.07) is 15.6. The standard InChI is InChI=1S/C24H18N2O4S2/c1-13-8-9-16-18(11-13)32-24(25-16)26-20(14-5-3-6-15(12-14)30-2)19(22(28)23(26)29)21(27)17-7-4-10-31-17/h3-12,20,28H,1-2H3/t20-/m0/s1. The molecule has 1 atom stereocenters. The molecule has 1 amide bonds. The molecule has 5 rings (SSSR count). The largest absolute Gasteiger partial charge is 0.503 e. The number of hydrogen-bond donors (Lipinski definition) is 1. The maximum atomic E-state index is 13.4. The minimum atomic E-state index is -0.825. The quantitative estimate of drug-likeness (QED) is 0.399. The predicted octanol–water partition coefficient (Wildman–Crippen LogP) is 5.46. The summed E-state index contributed by atoms with van der Waals surface area (Å²) >= 11 is 2.62. The van der Waals surface area contributed by atoms with Gasteiger partial charge >= 0.3 is 0 Å². The minimum absolute atomic E-state index is 0.0427. The van der Waals surface area contributed by atoms with Crippen LogP contribution in [0.25, 0.3) is 10.2 Å². The molecule has 32 heavy (non-hydrogen) atoms. The van der Waals surface area contributed by atoms with Gasteiger partial charge in [-0.15, -0.1) is 11.3 Å². The number of ketones is 1. The molecule has 0 aliphatic carbocycles. The van der Waals surface area contributed by atoms with Crippen molar-refractivity contribution in [2.24, 2.45) is 0 Å². The molecule has 0 saturated carbocycles. The first-order valence-corrected chi connectivity index (χ1v) is 11.5. The van der Waals surface area contributed by atoms with Crippen molar-refractivity contribution >= 4 is 49.7 Å². The van der Waals surface area contributed by atoms with Crippen LogP contribution in [0.3, 0.4) is 0 Å². The highest BCUT2D eigenvalue weighted by molar-refractivity contribution is 7.22. The van der Waals surface area contributed by atoms with Crippen LogP contribution in [0.5, 0.6) is 5.75 Å². The number of aliphatic hydroxyl groups excluding tert-OH is 1. The van der Waals surface area contributed by atoms with E-state index in [4.69, 9.17) is 4.74 Å². The molecule has 160 valence electrons. The van der Waals surface area contributed by atoms with E-state index < -0.39 is 17.7 Å². The number of methoxy groups -OCH3 is 1. The predicted molar refractivity (Wildman–Crippen MR) is 126 cm³/mol. The summed E-state index contributed by atoms with van der Waals surface area (Å²) in [6.45, 7) is 1.99. The van der Waals surface area contributed by atoms with Gasteiger partial charge in [-0.2, -0.15) is 0 Å². The van der Waals surface area contributed by atoms with Gasteiger partial charge < -0.3 is 9.84 Å². The number of carbonyl (C=O) groups excluding carboxylic acids is 2. The van der Waals surface area contributed by atoms with Gasteiger partial charge in [-0.3, -0.25) is 14.5 Å². The van der Waals surface area contributed by atoms with Gasteiger partial charge in [0, 0.05) is 0 Å². The maximum Gasteiger partial charge on any atom is 0.296 e. The number of thiazole rings is 1. The van der Waals surface area contributed by atoms with Crippen LogP contribution >= 0.6 is 22.7 Å². The molecule has 0 bridgehead atoms. The number of aromatic nitrogens is 1. The van der Waals surface area contributed by atoms with Crippen LogP contribution in [0.4, 0.5) is 5.13 Å². The lowest BCUT2D eigenvalue weighted by molar-refractivity contribution is -0.117. The van der Waals surface area contributed by atoms with Crippen LogP contribution in [-0.2, 0) is 4.79 Å². The smallest absolute Gasteiger partial charge is 0.296 e. The molecule has 1 aliphatic heterocycles. The second kappa shape index (κ2) is 7.89. The fourth-order valence-corrected chi connectivity index (χ4v) is 5.59. The zero-order chi connectivity index (χ0) is 22.4. The summed E-state index contributed by atoms with van der Waals surface area (Å²) in [7, 11) is 1.55. The van der Waals surface area contributed by atoms with Crippen molar-refractivity contribution in [1.82, 2.24) is 4.98 Å². The molecular weight excluding hydrogens is 444 g/mol. The lowest BCUT2D eigenvalue weighted by Gasteiger charge is -2.24. The van der Waals surface area contributed by atoms with E-state index in [2.05, 4.69) is 4.98 Å². The number of Topliss-reactive ketones (excluding diaryl/α,β-unsaturated/α-hetero) is 1. The summed E-state index contributed by atoms with van der Waals surface area (Å²) in [6.07, 6.45) is 0. The van der Waals surface area contributed by atoms with Crippen molar-refractivity contribution in [2.45, 2.75) is 13.0 Å². The minimum Gasteiger partial charge on any atom is -0.503 e. The van der Waals surface area contributed by atoms with Gasteiger partial charge in [0.25, 0.3) is 5.91 Å². The molecule has 1 N–H and O–H groups in total. The van der Waals surface area contributed by atoms with Crippen LogP contribution in [0.15, 0.2) is 71.3 Å². The van der Waals surface area contributed by atoms with Gasteiger partial charge in [0.2, 0.25) is 5.78 Å². The number of ether oxygens (including phenoxy) is 1. The third-order valence-corrected chi connectivity index (χ3v) is 7.23. The average Bonchev–Trinajstić information content (AvgIpc) is 3.52. The van der Waals surface area contributed by atoms with Crippen molar-refractivity contribution in [2.75, 3.05) is 12.0 Å². The van der Waals surface area contributed by atoms with Gasteiger partial charge in [-0.25, -0.2) is 4.98 Å².